The van der Waals surface area contributed by atoms with Gasteiger partial charge in [0.05, 0.1) is 5.41 Å². The lowest BCUT2D eigenvalue weighted by atomic mass is 9.73. The molecule has 0 unspecified atom stereocenters. The van der Waals surface area contributed by atoms with Gasteiger partial charge in [-0.25, -0.2) is 9.78 Å². The molecule has 0 saturated heterocycles. The molecular formula is C23H23N3O3S. The van der Waals surface area contributed by atoms with Crippen LogP contribution in [-0.2, 0) is 11.2 Å². The molecule has 2 aromatic carbocycles. The number of benzene rings is 2. The summed E-state index contributed by atoms with van der Waals surface area (Å²) in [5.41, 5.74) is 2.44. The molecule has 154 valence electrons. The lowest BCUT2D eigenvalue weighted by Crippen LogP contribution is -2.37. The Kier molecular flexibility index (Phi) is 5.30. The summed E-state index contributed by atoms with van der Waals surface area (Å²) in [6.07, 6.45) is 1.77. The van der Waals surface area contributed by atoms with Gasteiger partial charge >= 0.3 is 6.09 Å². The fraction of sp³-hybridized carbons (Fsp3) is 0.261. The van der Waals surface area contributed by atoms with Crippen LogP contribution < -0.4 is 10.1 Å². The molecule has 2 atom stereocenters. The second kappa shape index (κ2) is 7.91. The summed E-state index contributed by atoms with van der Waals surface area (Å²) in [7, 11) is 3.28. The number of nitrogens with zero attached hydrogens (tertiary/aromatic N) is 2. The summed E-state index contributed by atoms with van der Waals surface area (Å²) >= 11 is 1.40. The first kappa shape index (κ1) is 20.1. The fourth-order valence-electron chi connectivity index (χ4n) is 4.04. The maximum Gasteiger partial charge on any atom is 0.414 e. The van der Waals surface area contributed by atoms with Crippen LogP contribution in [0.5, 0.6) is 5.75 Å². The number of anilines is 1. The van der Waals surface area contributed by atoms with E-state index in [1.165, 1.54) is 16.2 Å². The molecule has 1 aliphatic carbocycles. The molecular weight excluding hydrogens is 398 g/mol. The van der Waals surface area contributed by atoms with Crippen LogP contribution >= 0.6 is 11.3 Å². The predicted molar refractivity (Wildman–Crippen MR) is 117 cm³/mol. The molecule has 0 aliphatic heterocycles. The standard InChI is InChI=1S/C23H23N3O3S/c1-23(20(27)25-21-24-11-12-30-21)14-16-13-17(29-22(28)26(2)3)9-10-18(16)19(23)15-7-5-4-6-8-15/h4-13,19H,14H2,1-3H3,(H,24,25,27)/t19-,23+/m1/s1. The van der Waals surface area contributed by atoms with Gasteiger partial charge in [-0.3, -0.25) is 4.79 Å². The van der Waals surface area contributed by atoms with Crippen molar-refractivity contribution in [1.29, 1.82) is 0 Å². The first-order chi connectivity index (χ1) is 14.4. The summed E-state index contributed by atoms with van der Waals surface area (Å²) in [5, 5.41) is 5.40. The predicted octanol–water partition coefficient (Wildman–Crippen LogP) is 4.54. The van der Waals surface area contributed by atoms with E-state index in [1.54, 1.807) is 26.4 Å². The largest absolute Gasteiger partial charge is 0.414 e. The van der Waals surface area contributed by atoms with E-state index in [9.17, 15) is 9.59 Å². The third kappa shape index (κ3) is 3.68. The minimum Gasteiger partial charge on any atom is -0.410 e. The fourth-order valence-corrected chi connectivity index (χ4v) is 4.57. The quantitative estimate of drug-likeness (QED) is 0.672. The molecule has 6 nitrogen and oxygen atoms in total. The number of ether oxygens (including phenoxy) is 1. The van der Waals surface area contributed by atoms with Crippen molar-refractivity contribution in [3.63, 3.8) is 0 Å². The van der Waals surface area contributed by atoms with Gasteiger partial charge in [-0.15, -0.1) is 11.3 Å². The summed E-state index contributed by atoms with van der Waals surface area (Å²) < 4.78 is 5.43. The Labute approximate surface area is 179 Å². The Balaban J connectivity index is 1.72. The number of carbonyl (C=O) groups is 2. The molecule has 7 heteroatoms. The van der Waals surface area contributed by atoms with Crippen LogP contribution in [0, 0.1) is 5.41 Å². The minimum atomic E-state index is -0.709. The SMILES string of the molecule is CN(C)C(=O)Oc1ccc2c(c1)C[C@](C)(C(=O)Nc1nccs1)[C@@H]2c1ccccc1. The topological polar surface area (TPSA) is 71.5 Å². The third-order valence-electron chi connectivity index (χ3n) is 5.49. The summed E-state index contributed by atoms with van der Waals surface area (Å²) in [5.74, 6) is 0.283. The van der Waals surface area contributed by atoms with Gasteiger partial charge < -0.3 is 15.0 Å². The van der Waals surface area contributed by atoms with Gasteiger partial charge in [-0.1, -0.05) is 36.4 Å². The first-order valence-corrected chi connectivity index (χ1v) is 10.5. The molecule has 0 saturated carbocycles. The highest BCUT2D eigenvalue weighted by molar-refractivity contribution is 7.13. The van der Waals surface area contributed by atoms with E-state index < -0.39 is 11.5 Å². The zero-order valence-electron chi connectivity index (χ0n) is 17.1. The minimum absolute atomic E-state index is 0.0747. The van der Waals surface area contributed by atoms with Crippen molar-refractivity contribution >= 4 is 28.5 Å². The second-order valence-electron chi connectivity index (χ2n) is 7.85. The number of rotatable bonds is 4. The Bertz CT molecular complexity index is 1070. The van der Waals surface area contributed by atoms with Crippen molar-refractivity contribution in [1.82, 2.24) is 9.88 Å². The zero-order chi connectivity index (χ0) is 21.3. The van der Waals surface area contributed by atoms with Crippen molar-refractivity contribution in [3.05, 3.63) is 76.8 Å². The molecule has 1 aliphatic rings. The van der Waals surface area contributed by atoms with Crippen molar-refractivity contribution in [2.45, 2.75) is 19.3 Å². The average Bonchev–Trinajstić information content (AvgIpc) is 3.33. The van der Waals surface area contributed by atoms with Crippen molar-refractivity contribution in [2.75, 3.05) is 19.4 Å². The normalized spacial score (nSPS) is 19.8. The van der Waals surface area contributed by atoms with Crippen LogP contribution in [0.3, 0.4) is 0 Å². The smallest absolute Gasteiger partial charge is 0.410 e. The highest BCUT2D eigenvalue weighted by Gasteiger charge is 2.49. The van der Waals surface area contributed by atoms with Gasteiger partial charge in [0, 0.05) is 31.6 Å². The summed E-state index contributed by atoms with van der Waals surface area (Å²) in [6.45, 7) is 1.99. The van der Waals surface area contributed by atoms with Gasteiger partial charge in [-0.2, -0.15) is 0 Å². The molecule has 0 bridgehead atoms. The lowest BCUT2D eigenvalue weighted by Gasteiger charge is -2.30. The number of fused-ring (bicyclic) bond motifs is 1. The summed E-state index contributed by atoms with van der Waals surface area (Å²) in [6, 6.07) is 15.7. The van der Waals surface area contributed by atoms with E-state index in [1.807, 2.05) is 42.6 Å². The number of carbonyl (C=O) groups excluding carboxylic acids is 2. The Morgan fingerprint density at radius 1 is 1.20 bits per heavy atom. The maximum atomic E-state index is 13.4. The molecule has 0 radical (unpaired) electrons. The van der Waals surface area contributed by atoms with Crippen molar-refractivity contribution < 1.29 is 14.3 Å². The van der Waals surface area contributed by atoms with Crippen LogP contribution in [-0.4, -0.2) is 36.0 Å². The second-order valence-corrected chi connectivity index (χ2v) is 8.75. The third-order valence-corrected chi connectivity index (χ3v) is 6.18. The zero-order valence-corrected chi connectivity index (χ0v) is 17.9. The van der Waals surface area contributed by atoms with E-state index in [0.717, 1.165) is 16.7 Å². The van der Waals surface area contributed by atoms with Gasteiger partial charge in [0.15, 0.2) is 5.13 Å². The molecule has 1 N–H and O–H groups in total. The van der Waals surface area contributed by atoms with E-state index >= 15 is 0 Å². The van der Waals surface area contributed by atoms with Crippen LogP contribution in [0.1, 0.15) is 29.5 Å². The lowest BCUT2D eigenvalue weighted by molar-refractivity contribution is -0.125. The van der Waals surface area contributed by atoms with Crippen LogP contribution in [0.2, 0.25) is 0 Å². The Morgan fingerprint density at radius 3 is 2.63 bits per heavy atom. The monoisotopic (exact) mass is 421 g/mol. The van der Waals surface area contributed by atoms with E-state index in [-0.39, 0.29) is 11.8 Å². The molecule has 3 aromatic rings. The number of hydrogen-bond acceptors (Lipinski definition) is 5. The molecule has 1 heterocycles. The molecule has 2 amide bonds. The number of amides is 2. The van der Waals surface area contributed by atoms with Crippen molar-refractivity contribution in [2.24, 2.45) is 5.41 Å². The van der Waals surface area contributed by atoms with E-state index in [2.05, 4.69) is 22.4 Å². The number of nitrogens with one attached hydrogen (secondary N) is 1. The van der Waals surface area contributed by atoms with Crippen LogP contribution in [0.4, 0.5) is 9.93 Å². The molecule has 0 spiro atoms. The number of aromatic nitrogens is 1. The number of hydrogen-bond donors (Lipinski definition) is 1. The molecule has 4 rings (SSSR count). The van der Waals surface area contributed by atoms with Crippen LogP contribution in [0.15, 0.2) is 60.1 Å². The van der Waals surface area contributed by atoms with Gasteiger partial charge in [-0.05, 0) is 42.2 Å². The maximum absolute atomic E-state index is 13.4. The average molecular weight is 422 g/mol. The highest BCUT2D eigenvalue weighted by atomic mass is 32.1. The molecule has 0 fully saturated rings. The van der Waals surface area contributed by atoms with E-state index in [0.29, 0.717) is 17.3 Å². The van der Waals surface area contributed by atoms with Crippen molar-refractivity contribution in [3.8, 4) is 5.75 Å². The van der Waals surface area contributed by atoms with E-state index in [4.69, 9.17) is 4.74 Å². The Hall–Kier alpha value is -3.19. The Morgan fingerprint density at radius 2 is 1.97 bits per heavy atom. The summed E-state index contributed by atoms with van der Waals surface area (Å²) in [4.78, 5) is 30.9. The van der Waals surface area contributed by atoms with Crippen LogP contribution in [0.25, 0.3) is 0 Å². The van der Waals surface area contributed by atoms with Gasteiger partial charge in [0.25, 0.3) is 0 Å². The van der Waals surface area contributed by atoms with Gasteiger partial charge in [0.1, 0.15) is 5.75 Å². The van der Waals surface area contributed by atoms with Gasteiger partial charge in [0.2, 0.25) is 5.91 Å². The molecule has 30 heavy (non-hydrogen) atoms. The number of thiazole rings is 1. The molecule has 1 aromatic heterocycles. The highest BCUT2D eigenvalue weighted by Crippen LogP contribution is 2.52. The first-order valence-electron chi connectivity index (χ1n) is 9.66.